The number of hydrogen-bond acceptors (Lipinski definition) is 2. The maximum absolute atomic E-state index is 11.1. The molecule has 14 heavy (non-hydrogen) atoms. The summed E-state index contributed by atoms with van der Waals surface area (Å²) in [5, 5.41) is 0. The van der Waals surface area contributed by atoms with Crippen molar-refractivity contribution in [1.82, 2.24) is 9.97 Å². The molecule has 0 fully saturated rings. The molecule has 0 unspecified atom stereocenters. The smallest absolute Gasteiger partial charge is 0.252 e. The Morgan fingerprint density at radius 2 is 1.79 bits per heavy atom. The molecule has 0 saturated heterocycles. The first-order chi connectivity index (χ1) is 6.75. The molecule has 0 aliphatic carbocycles. The van der Waals surface area contributed by atoms with Crippen LogP contribution in [0.4, 0.5) is 0 Å². The summed E-state index contributed by atoms with van der Waals surface area (Å²) in [6.45, 7) is 0. The first kappa shape index (κ1) is 8.90. The highest BCUT2D eigenvalue weighted by molar-refractivity contribution is 7.71. The van der Waals surface area contributed by atoms with Crippen LogP contribution in [0.15, 0.2) is 41.2 Å². The van der Waals surface area contributed by atoms with E-state index in [1.807, 2.05) is 30.3 Å². The lowest BCUT2D eigenvalue weighted by molar-refractivity contribution is 1.09. The summed E-state index contributed by atoms with van der Waals surface area (Å²) >= 11 is 4.88. The molecule has 1 aromatic heterocycles. The summed E-state index contributed by atoms with van der Waals surface area (Å²) in [4.78, 5) is 16.5. The van der Waals surface area contributed by atoms with Gasteiger partial charge in [0.25, 0.3) is 5.56 Å². The second kappa shape index (κ2) is 3.59. The van der Waals surface area contributed by atoms with Crippen molar-refractivity contribution < 1.29 is 0 Å². The van der Waals surface area contributed by atoms with Crippen molar-refractivity contribution in [3.63, 3.8) is 0 Å². The van der Waals surface area contributed by atoms with Crippen LogP contribution in [-0.4, -0.2) is 9.97 Å². The van der Waals surface area contributed by atoms with Gasteiger partial charge in [0.1, 0.15) is 0 Å². The quantitative estimate of drug-likeness (QED) is 0.699. The van der Waals surface area contributed by atoms with Crippen LogP contribution in [0.1, 0.15) is 0 Å². The van der Waals surface area contributed by atoms with Crippen LogP contribution < -0.4 is 5.56 Å². The first-order valence-corrected chi connectivity index (χ1v) is 4.55. The number of rotatable bonds is 1. The summed E-state index contributed by atoms with van der Waals surface area (Å²) in [7, 11) is 0. The van der Waals surface area contributed by atoms with Crippen LogP contribution in [0, 0.1) is 4.77 Å². The third-order valence-corrected chi connectivity index (χ3v) is 2.05. The van der Waals surface area contributed by atoms with Crippen LogP contribution in [-0.2, 0) is 0 Å². The molecule has 1 aromatic carbocycles. The van der Waals surface area contributed by atoms with Crippen molar-refractivity contribution >= 4 is 12.2 Å². The third kappa shape index (κ3) is 1.80. The Morgan fingerprint density at radius 3 is 2.43 bits per heavy atom. The number of benzene rings is 1. The van der Waals surface area contributed by atoms with Crippen LogP contribution in [0.3, 0.4) is 0 Å². The topological polar surface area (TPSA) is 48.6 Å². The summed E-state index contributed by atoms with van der Waals surface area (Å²) in [5.74, 6) is 0. The summed E-state index contributed by atoms with van der Waals surface area (Å²) in [5.41, 5.74) is 1.50. The Bertz CT molecular complexity index is 514. The summed E-state index contributed by atoms with van der Waals surface area (Å²) in [6, 6.07) is 11.1. The molecule has 2 rings (SSSR count). The van der Waals surface area contributed by atoms with Crippen molar-refractivity contribution in [2.45, 2.75) is 0 Å². The van der Waals surface area contributed by atoms with E-state index >= 15 is 0 Å². The highest BCUT2D eigenvalue weighted by Gasteiger charge is 1.97. The Labute approximate surface area is 85.4 Å². The summed E-state index contributed by atoms with van der Waals surface area (Å²) in [6.07, 6.45) is 0. The number of aromatic amines is 2. The molecule has 4 heteroatoms. The van der Waals surface area contributed by atoms with Gasteiger partial charge in [0, 0.05) is 6.07 Å². The predicted octanol–water partition coefficient (Wildman–Crippen LogP) is 2.10. The van der Waals surface area contributed by atoms with E-state index in [0.29, 0.717) is 4.77 Å². The van der Waals surface area contributed by atoms with E-state index in [2.05, 4.69) is 9.97 Å². The van der Waals surface area contributed by atoms with E-state index in [4.69, 9.17) is 12.2 Å². The Balaban J connectivity index is 2.64. The van der Waals surface area contributed by atoms with Gasteiger partial charge in [-0.15, -0.1) is 0 Å². The fraction of sp³-hybridized carbons (Fsp3) is 0. The van der Waals surface area contributed by atoms with Crippen molar-refractivity contribution in [3.8, 4) is 11.3 Å². The van der Waals surface area contributed by atoms with E-state index in [1.54, 1.807) is 0 Å². The van der Waals surface area contributed by atoms with Crippen molar-refractivity contribution in [2.24, 2.45) is 0 Å². The van der Waals surface area contributed by atoms with Crippen molar-refractivity contribution in [1.29, 1.82) is 0 Å². The van der Waals surface area contributed by atoms with Gasteiger partial charge in [-0.2, -0.15) is 0 Å². The van der Waals surface area contributed by atoms with E-state index in [0.717, 1.165) is 11.3 Å². The Morgan fingerprint density at radius 1 is 1.07 bits per heavy atom. The van der Waals surface area contributed by atoms with Crippen LogP contribution in [0.5, 0.6) is 0 Å². The van der Waals surface area contributed by atoms with Crippen LogP contribution >= 0.6 is 12.2 Å². The van der Waals surface area contributed by atoms with Gasteiger partial charge < -0.3 is 4.98 Å². The molecule has 70 valence electrons. The predicted molar refractivity (Wildman–Crippen MR) is 57.7 cm³/mol. The molecule has 0 aliphatic rings. The van der Waals surface area contributed by atoms with E-state index in [1.165, 1.54) is 6.07 Å². The minimum absolute atomic E-state index is 0.187. The molecule has 1 heterocycles. The van der Waals surface area contributed by atoms with Gasteiger partial charge in [-0.1, -0.05) is 30.3 Å². The lowest BCUT2D eigenvalue weighted by Crippen LogP contribution is -2.06. The Hall–Kier alpha value is -1.68. The van der Waals surface area contributed by atoms with Gasteiger partial charge in [-0.3, -0.25) is 9.78 Å². The van der Waals surface area contributed by atoms with Gasteiger partial charge in [-0.05, 0) is 17.8 Å². The Kier molecular flexibility index (Phi) is 2.28. The van der Waals surface area contributed by atoms with E-state index < -0.39 is 0 Å². The minimum atomic E-state index is -0.187. The normalized spacial score (nSPS) is 10.0. The monoisotopic (exact) mass is 204 g/mol. The van der Waals surface area contributed by atoms with E-state index in [9.17, 15) is 4.79 Å². The highest BCUT2D eigenvalue weighted by atomic mass is 32.1. The van der Waals surface area contributed by atoms with Gasteiger partial charge >= 0.3 is 0 Å². The lowest BCUT2D eigenvalue weighted by Gasteiger charge is -1.99. The zero-order valence-electron chi connectivity index (χ0n) is 7.28. The standard InChI is InChI=1S/C10H8N2OS/c13-9-6-8(11-10(14)12-9)7-4-2-1-3-5-7/h1-6H,(H2,11,12,13,14). The molecular formula is C10H8N2OS. The largest absolute Gasteiger partial charge is 0.332 e. The maximum Gasteiger partial charge on any atom is 0.252 e. The third-order valence-electron chi connectivity index (χ3n) is 1.85. The number of aromatic nitrogens is 2. The first-order valence-electron chi connectivity index (χ1n) is 4.15. The van der Waals surface area contributed by atoms with Crippen molar-refractivity contribution in [3.05, 3.63) is 51.5 Å². The second-order valence-corrected chi connectivity index (χ2v) is 3.28. The zero-order valence-corrected chi connectivity index (χ0v) is 8.10. The molecule has 0 aliphatic heterocycles. The molecule has 0 saturated carbocycles. The zero-order chi connectivity index (χ0) is 9.97. The molecule has 0 bridgehead atoms. The molecule has 0 amide bonds. The molecule has 2 aromatic rings. The highest BCUT2D eigenvalue weighted by Crippen LogP contribution is 2.12. The molecule has 0 radical (unpaired) electrons. The van der Waals surface area contributed by atoms with Gasteiger partial charge in [-0.25, -0.2) is 0 Å². The molecule has 0 spiro atoms. The number of nitrogens with one attached hydrogen (secondary N) is 2. The fourth-order valence-corrected chi connectivity index (χ4v) is 1.45. The minimum Gasteiger partial charge on any atom is -0.332 e. The average molecular weight is 204 g/mol. The molecular weight excluding hydrogens is 196 g/mol. The van der Waals surface area contributed by atoms with Crippen LogP contribution in [0.2, 0.25) is 0 Å². The van der Waals surface area contributed by atoms with Gasteiger partial charge in [0.2, 0.25) is 0 Å². The lowest BCUT2D eigenvalue weighted by atomic mass is 10.1. The molecule has 2 N–H and O–H groups in total. The van der Waals surface area contributed by atoms with Gasteiger partial charge in [0.15, 0.2) is 4.77 Å². The average Bonchev–Trinajstić information content (AvgIpc) is 2.18. The summed E-state index contributed by atoms with van der Waals surface area (Å²) < 4.78 is 0.344. The van der Waals surface area contributed by atoms with Crippen LogP contribution in [0.25, 0.3) is 11.3 Å². The molecule has 3 nitrogen and oxygen atoms in total. The van der Waals surface area contributed by atoms with Gasteiger partial charge in [0.05, 0.1) is 5.69 Å². The SMILES string of the molecule is O=c1cc(-c2ccccc2)[nH]c(=S)[nH]1. The maximum atomic E-state index is 11.1. The second-order valence-electron chi connectivity index (χ2n) is 2.87. The molecule has 0 atom stereocenters. The fourth-order valence-electron chi connectivity index (χ4n) is 1.24. The number of H-pyrrole nitrogens is 2. The number of hydrogen-bond donors (Lipinski definition) is 2. The van der Waals surface area contributed by atoms with E-state index in [-0.39, 0.29) is 5.56 Å². The van der Waals surface area contributed by atoms with Crippen molar-refractivity contribution in [2.75, 3.05) is 0 Å².